The second kappa shape index (κ2) is 4.79. The maximum absolute atomic E-state index is 2.35. The normalized spacial score (nSPS) is 12.5. The molecule has 11 heavy (non-hydrogen) atoms. The average molecular weight is 155 g/mol. The van der Waals surface area contributed by atoms with Crippen LogP contribution in [0.5, 0.6) is 0 Å². The van der Waals surface area contributed by atoms with Crippen LogP contribution in [0.1, 0.15) is 60.3 Å². The topological polar surface area (TPSA) is 0 Å². The number of hydrogen-bond donors (Lipinski definition) is 0. The van der Waals surface area contributed by atoms with E-state index < -0.39 is 0 Å². The minimum Gasteiger partial charge on any atom is -0.0654 e. The number of hydrogen-bond acceptors (Lipinski definition) is 0. The van der Waals surface area contributed by atoms with Gasteiger partial charge in [-0.3, -0.25) is 0 Å². The third-order valence-corrected chi connectivity index (χ3v) is 2.76. The Balaban J connectivity index is 3.55. The van der Waals surface area contributed by atoms with Crippen molar-refractivity contribution in [2.24, 2.45) is 5.41 Å². The summed E-state index contributed by atoms with van der Waals surface area (Å²) in [6.45, 7) is 11.4. The zero-order valence-corrected chi connectivity index (χ0v) is 8.83. The molecule has 0 N–H and O–H groups in total. The summed E-state index contributed by atoms with van der Waals surface area (Å²) in [4.78, 5) is 0. The molecule has 0 spiro atoms. The van der Waals surface area contributed by atoms with Crippen LogP contribution in [-0.4, -0.2) is 0 Å². The molecule has 67 valence electrons. The van der Waals surface area contributed by atoms with Gasteiger partial charge in [-0.15, -0.1) is 0 Å². The maximum Gasteiger partial charge on any atom is -0.0247 e. The van der Waals surface area contributed by atoms with Crippen LogP contribution in [0.25, 0.3) is 0 Å². The van der Waals surface area contributed by atoms with Crippen molar-refractivity contribution >= 4 is 0 Å². The van der Waals surface area contributed by atoms with Crippen LogP contribution in [0.3, 0.4) is 0 Å². The smallest absolute Gasteiger partial charge is 0.0247 e. The Labute approximate surface area is 72.4 Å². The van der Waals surface area contributed by atoms with Crippen LogP contribution in [-0.2, 0) is 0 Å². The molecule has 0 nitrogen and oxygen atoms in total. The van der Waals surface area contributed by atoms with Crippen molar-refractivity contribution in [2.75, 3.05) is 0 Å². The third kappa shape index (κ3) is 4.44. The second-order valence-corrected chi connectivity index (χ2v) is 4.34. The van der Waals surface area contributed by atoms with E-state index in [4.69, 9.17) is 0 Å². The highest BCUT2D eigenvalue weighted by atomic mass is 14.3. The molecule has 0 aromatic rings. The van der Waals surface area contributed by atoms with Gasteiger partial charge >= 0.3 is 0 Å². The Morgan fingerprint density at radius 2 is 1.64 bits per heavy atom. The standard InChI is InChI=1S/C11H23/c1-6-7-8-9-11(4,5)10(2)3/h6-9H2,1-5H3. The fourth-order valence-electron chi connectivity index (χ4n) is 1.07. The summed E-state index contributed by atoms with van der Waals surface area (Å²) in [5, 5.41) is 0. The van der Waals surface area contributed by atoms with Gasteiger partial charge in [0, 0.05) is 0 Å². The fraction of sp³-hybridized carbons (Fsp3) is 0.909. The van der Waals surface area contributed by atoms with E-state index >= 15 is 0 Å². The lowest BCUT2D eigenvalue weighted by Gasteiger charge is -2.28. The van der Waals surface area contributed by atoms with E-state index in [-0.39, 0.29) is 0 Å². The van der Waals surface area contributed by atoms with Crippen molar-refractivity contribution in [3.8, 4) is 0 Å². The van der Waals surface area contributed by atoms with E-state index in [9.17, 15) is 0 Å². The van der Waals surface area contributed by atoms with Crippen LogP contribution in [0, 0.1) is 11.3 Å². The molecule has 0 saturated carbocycles. The zero-order valence-electron chi connectivity index (χ0n) is 8.83. The number of unbranched alkanes of at least 4 members (excludes halogenated alkanes) is 2. The summed E-state index contributed by atoms with van der Waals surface area (Å²) < 4.78 is 0. The van der Waals surface area contributed by atoms with Gasteiger partial charge in [0.25, 0.3) is 0 Å². The Morgan fingerprint density at radius 3 is 2.00 bits per heavy atom. The molecule has 0 fully saturated rings. The highest BCUT2D eigenvalue weighted by Crippen LogP contribution is 2.33. The molecule has 0 aliphatic carbocycles. The molecule has 0 saturated heterocycles. The van der Waals surface area contributed by atoms with E-state index in [1.165, 1.54) is 25.7 Å². The van der Waals surface area contributed by atoms with Crippen LogP contribution >= 0.6 is 0 Å². The van der Waals surface area contributed by atoms with Crippen LogP contribution in [0.4, 0.5) is 0 Å². The van der Waals surface area contributed by atoms with Crippen molar-refractivity contribution in [2.45, 2.75) is 60.3 Å². The van der Waals surface area contributed by atoms with Gasteiger partial charge in [-0.2, -0.15) is 0 Å². The molecule has 1 radical (unpaired) electrons. The molecule has 0 aromatic heterocycles. The molecule has 0 bridgehead atoms. The van der Waals surface area contributed by atoms with Crippen molar-refractivity contribution in [1.82, 2.24) is 0 Å². The van der Waals surface area contributed by atoms with E-state index in [0.717, 1.165) is 0 Å². The third-order valence-electron chi connectivity index (χ3n) is 2.76. The molecule has 0 aromatic carbocycles. The molecule has 0 amide bonds. The van der Waals surface area contributed by atoms with Gasteiger partial charge in [0.15, 0.2) is 0 Å². The van der Waals surface area contributed by atoms with Crippen molar-refractivity contribution in [3.05, 3.63) is 5.92 Å². The Hall–Kier alpha value is 0. The van der Waals surface area contributed by atoms with E-state index in [1.54, 1.807) is 5.92 Å². The molecule has 0 atom stereocenters. The van der Waals surface area contributed by atoms with Crippen molar-refractivity contribution in [3.63, 3.8) is 0 Å². The van der Waals surface area contributed by atoms with Gasteiger partial charge in [0.1, 0.15) is 0 Å². The summed E-state index contributed by atoms with van der Waals surface area (Å²) >= 11 is 0. The minimum atomic E-state index is 0.467. The first kappa shape index (κ1) is 11.0. The molecular weight excluding hydrogens is 132 g/mol. The Bertz CT molecular complexity index is 90.2. The minimum absolute atomic E-state index is 0.467. The highest BCUT2D eigenvalue weighted by molar-refractivity contribution is 4.94. The molecule has 0 unspecified atom stereocenters. The molecule has 0 aliphatic rings. The SMILES string of the molecule is CCCCCC(C)(C)[C](C)C. The highest BCUT2D eigenvalue weighted by Gasteiger charge is 2.21. The van der Waals surface area contributed by atoms with Gasteiger partial charge < -0.3 is 0 Å². The average Bonchev–Trinajstić information content (AvgIpc) is 1.88. The quantitative estimate of drug-likeness (QED) is 0.522. The lowest BCUT2D eigenvalue weighted by molar-refractivity contribution is 0.341. The van der Waals surface area contributed by atoms with Gasteiger partial charge in [-0.05, 0) is 17.8 Å². The zero-order chi connectivity index (χ0) is 8.91. The first-order chi connectivity index (χ1) is 5.00. The Kier molecular flexibility index (Phi) is 4.79. The molecule has 0 heteroatoms. The van der Waals surface area contributed by atoms with Crippen molar-refractivity contribution < 1.29 is 0 Å². The summed E-state index contributed by atoms with van der Waals surface area (Å²) in [6.07, 6.45) is 5.45. The monoisotopic (exact) mass is 155 g/mol. The number of rotatable bonds is 5. The van der Waals surface area contributed by atoms with E-state index in [2.05, 4.69) is 34.6 Å². The predicted molar refractivity (Wildman–Crippen MR) is 52.5 cm³/mol. The van der Waals surface area contributed by atoms with Gasteiger partial charge in [-0.1, -0.05) is 53.9 Å². The summed E-state index contributed by atoms with van der Waals surface area (Å²) in [5.41, 5.74) is 0.467. The van der Waals surface area contributed by atoms with Crippen molar-refractivity contribution in [1.29, 1.82) is 0 Å². The molecule has 0 rings (SSSR count). The van der Waals surface area contributed by atoms with Crippen LogP contribution in [0.2, 0.25) is 0 Å². The van der Waals surface area contributed by atoms with Gasteiger partial charge in [0.2, 0.25) is 0 Å². The predicted octanol–water partition coefficient (Wildman–Crippen LogP) is 4.21. The first-order valence-corrected chi connectivity index (χ1v) is 4.81. The van der Waals surface area contributed by atoms with E-state index in [0.29, 0.717) is 5.41 Å². The second-order valence-electron chi connectivity index (χ2n) is 4.34. The van der Waals surface area contributed by atoms with Crippen LogP contribution < -0.4 is 0 Å². The van der Waals surface area contributed by atoms with Crippen LogP contribution in [0.15, 0.2) is 0 Å². The molecule has 0 heterocycles. The van der Waals surface area contributed by atoms with Gasteiger partial charge in [0.05, 0.1) is 0 Å². The molecular formula is C11H23. The summed E-state index contributed by atoms with van der Waals surface area (Å²) in [7, 11) is 0. The Morgan fingerprint density at radius 1 is 1.09 bits per heavy atom. The maximum atomic E-state index is 2.35. The lowest BCUT2D eigenvalue weighted by atomic mass is 9.77. The largest absolute Gasteiger partial charge is 0.0654 e. The first-order valence-electron chi connectivity index (χ1n) is 4.81. The van der Waals surface area contributed by atoms with Gasteiger partial charge in [-0.25, -0.2) is 0 Å². The lowest BCUT2D eigenvalue weighted by Crippen LogP contribution is -2.16. The molecule has 0 aliphatic heterocycles. The fourth-order valence-corrected chi connectivity index (χ4v) is 1.07. The summed E-state index contributed by atoms with van der Waals surface area (Å²) in [5.74, 6) is 1.56. The van der Waals surface area contributed by atoms with E-state index in [1.807, 2.05) is 0 Å². The summed E-state index contributed by atoms with van der Waals surface area (Å²) in [6, 6.07) is 0.